The first-order chi connectivity index (χ1) is 13.2. The average molecular weight is 362 g/mol. The van der Waals surface area contributed by atoms with E-state index in [0.29, 0.717) is 25.5 Å². The van der Waals surface area contributed by atoms with Crippen molar-refractivity contribution < 1.29 is 14.3 Å². The number of carbonyl (C=O) groups excluding carboxylic acids is 1. The van der Waals surface area contributed by atoms with Gasteiger partial charge < -0.3 is 14.8 Å². The van der Waals surface area contributed by atoms with Crippen LogP contribution in [-0.4, -0.2) is 33.9 Å². The van der Waals surface area contributed by atoms with Gasteiger partial charge in [0.05, 0.1) is 5.69 Å². The normalized spacial score (nSPS) is 18.0. The summed E-state index contributed by atoms with van der Waals surface area (Å²) in [7, 11) is 1.83. The second-order valence-electron chi connectivity index (χ2n) is 6.66. The van der Waals surface area contributed by atoms with E-state index in [9.17, 15) is 4.79 Å². The van der Waals surface area contributed by atoms with E-state index in [4.69, 9.17) is 9.47 Å². The molecule has 0 saturated carbocycles. The molecule has 2 aromatic heterocycles. The van der Waals surface area contributed by atoms with Crippen LogP contribution >= 0.6 is 0 Å². The zero-order chi connectivity index (χ0) is 18.4. The van der Waals surface area contributed by atoms with E-state index in [0.717, 1.165) is 34.0 Å². The highest BCUT2D eigenvalue weighted by Crippen LogP contribution is 2.44. The Morgan fingerprint density at radius 3 is 2.81 bits per heavy atom. The molecular weight excluding hydrogens is 344 g/mol. The van der Waals surface area contributed by atoms with Gasteiger partial charge in [0.2, 0.25) is 5.91 Å². The van der Waals surface area contributed by atoms with Crippen LogP contribution < -0.4 is 14.8 Å². The zero-order valence-electron chi connectivity index (χ0n) is 14.8. The number of carbonyl (C=O) groups is 1. The minimum atomic E-state index is -0.129. The second-order valence-corrected chi connectivity index (χ2v) is 6.66. The molecule has 5 rings (SSSR count). The van der Waals surface area contributed by atoms with Crippen molar-refractivity contribution in [3.63, 3.8) is 0 Å². The molecule has 0 radical (unpaired) electrons. The number of anilines is 1. The smallest absolute Gasteiger partial charge is 0.226 e. The predicted octanol–water partition coefficient (Wildman–Crippen LogP) is 2.73. The summed E-state index contributed by atoms with van der Waals surface area (Å²) in [5.41, 5.74) is 3.55. The number of pyridine rings is 1. The number of aromatic nitrogens is 3. The monoisotopic (exact) mass is 362 g/mol. The van der Waals surface area contributed by atoms with Crippen molar-refractivity contribution in [2.24, 2.45) is 7.05 Å². The molecule has 27 heavy (non-hydrogen) atoms. The molecule has 7 nitrogen and oxygen atoms in total. The maximum atomic E-state index is 12.4. The number of hydrogen-bond acceptors (Lipinski definition) is 5. The maximum Gasteiger partial charge on any atom is 0.226 e. The van der Waals surface area contributed by atoms with Crippen molar-refractivity contribution in [3.05, 3.63) is 53.7 Å². The number of nitrogens with zero attached hydrogens (tertiary/aromatic N) is 3. The average Bonchev–Trinajstić information content (AvgIpc) is 3.04. The topological polar surface area (TPSA) is 78.3 Å². The third-order valence-electron chi connectivity index (χ3n) is 4.96. The third kappa shape index (κ3) is 2.63. The van der Waals surface area contributed by atoms with Gasteiger partial charge in [-0.25, -0.2) is 0 Å². The summed E-state index contributed by atoms with van der Waals surface area (Å²) in [6.07, 6.45) is 2.09. The summed E-state index contributed by atoms with van der Waals surface area (Å²) in [6.45, 7) is 1.08. The number of amides is 1. The molecule has 0 fully saturated rings. The molecule has 1 unspecified atom stereocenters. The number of ether oxygens (including phenoxy) is 2. The number of benzene rings is 1. The first-order valence-electron chi connectivity index (χ1n) is 8.88. The quantitative estimate of drug-likeness (QED) is 0.758. The molecule has 0 spiro atoms. The Balaban J connectivity index is 1.67. The molecule has 4 heterocycles. The third-order valence-corrected chi connectivity index (χ3v) is 4.96. The molecule has 0 bridgehead atoms. The number of fused-ring (bicyclic) bond motifs is 2. The highest BCUT2D eigenvalue weighted by Gasteiger charge is 2.34. The summed E-state index contributed by atoms with van der Waals surface area (Å²) in [6, 6.07) is 11.6. The second kappa shape index (κ2) is 6.12. The SMILES string of the molecule is Cn1nc(-c2ccccn2)c2c1NC(=O)CC2c1ccc2c(c1)OCCO2. The van der Waals surface area contributed by atoms with E-state index in [1.807, 2.05) is 43.4 Å². The zero-order valence-corrected chi connectivity index (χ0v) is 14.8. The molecule has 1 atom stereocenters. The van der Waals surface area contributed by atoms with E-state index >= 15 is 0 Å². The Hall–Kier alpha value is -3.35. The van der Waals surface area contributed by atoms with Gasteiger partial charge >= 0.3 is 0 Å². The molecule has 2 aliphatic rings. The summed E-state index contributed by atoms with van der Waals surface area (Å²) >= 11 is 0. The van der Waals surface area contributed by atoms with Gasteiger partial charge in [0.15, 0.2) is 11.5 Å². The van der Waals surface area contributed by atoms with Crippen LogP contribution in [0.15, 0.2) is 42.6 Å². The summed E-state index contributed by atoms with van der Waals surface area (Å²) < 4.78 is 13.1. The van der Waals surface area contributed by atoms with Crippen molar-refractivity contribution >= 4 is 11.7 Å². The minimum absolute atomic E-state index is 0.0297. The minimum Gasteiger partial charge on any atom is -0.486 e. The fraction of sp³-hybridized carbons (Fsp3) is 0.250. The van der Waals surface area contributed by atoms with Crippen molar-refractivity contribution in [2.45, 2.75) is 12.3 Å². The van der Waals surface area contributed by atoms with Crippen LogP contribution in [0.5, 0.6) is 11.5 Å². The van der Waals surface area contributed by atoms with E-state index in [1.165, 1.54) is 0 Å². The Morgan fingerprint density at radius 2 is 2.00 bits per heavy atom. The summed E-state index contributed by atoms with van der Waals surface area (Å²) in [5, 5.41) is 7.60. The van der Waals surface area contributed by atoms with Crippen LogP contribution in [0.25, 0.3) is 11.4 Å². The van der Waals surface area contributed by atoms with E-state index in [-0.39, 0.29) is 11.8 Å². The molecule has 1 N–H and O–H groups in total. The lowest BCUT2D eigenvalue weighted by Crippen LogP contribution is -2.25. The lowest BCUT2D eigenvalue weighted by molar-refractivity contribution is -0.116. The van der Waals surface area contributed by atoms with Gasteiger partial charge in [-0.1, -0.05) is 12.1 Å². The highest BCUT2D eigenvalue weighted by atomic mass is 16.6. The first-order valence-corrected chi connectivity index (χ1v) is 8.88. The van der Waals surface area contributed by atoms with Crippen LogP contribution in [0.4, 0.5) is 5.82 Å². The van der Waals surface area contributed by atoms with Crippen LogP contribution in [0.1, 0.15) is 23.5 Å². The fourth-order valence-electron chi connectivity index (χ4n) is 3.74. The highest BCUT2D eigenvalue weighted by molar-refractivity contribution is 5.96. The van der Waals surface area contributed by atoms with Gasteiger partial charge in [0.1, 0.15) is 24.7 Å². The molecule has 1 amide bonds. The molecule has 0 saturated heterocycles. The molecule has 3 aromatic rings. The molecule has 2 aliphatic heterocycles. The molecule has 136 valence electrons. The van der Waals surface area contributed by atoms with E-state index in [1.54, 1.807) is 10.9 Å². The van der Waals surface area contributed by atoms with Crippen LogP contribution in [0, 0.1) is 0 Å². The standard InChI is InChI=1S/C20H18N4O3/c1-24-20-18(19(23-24)14-4-2-3-7-21-14)13(11-17(25)22-20)12-5-6-15-16(10-12)27-9-8-26-15/h2-7,10,13H,8-9,11H2,1H3,(H,22,25). The Bertz CT molecular complexity index is 1030. The van der Waals surface area contributed by atoms with Gasteiger partial charge in [0.25, 0.3) is 0 Å². The number of nitrogens with one attached hydrogen (secondary N) is 1. The number of aryl methyl sites for hydroxylation is 1. The van der Waals surface area contributed by atoms with Crippen molar-refractivity contribution in [1.29, 1.82) is 0 Å². The van der Waals surface area contributed by atoms with Crippen molar-refractivity contribution in [3.8, 4) is 22.9 Å². The van der Waals surface area contributed by atoms with Gasteiger partial charge in [-0.2, -0.15) is 5.10 Å². The molecular formula is C20H18N4O3. The van der Waals surface area contributed by atoms with Gasteiger partial charge in [-0.3, -0.25) is 14.5 Å². The van der Waals surface area contributed by atoms with Crippen molar-refractivity contribution in [2.75, 3.05) is 18.5 Å². The predicted molar refractivity (Wildman–Crippen MR) is 99.0 cm³/mol. The van der Waals surface area contributed by atoms with Crippen LogP contribution in [0.2, 0.25) is 0 Å². The van der Waals surface area contributed by atoms with Crippen LogP contribution in [-0.2, 0) is 11.8 Å². The Morgan fingerprint density at radius 1 is 1.15 bits per heavy atom. The van der Waals surface area contributed by atoms with Crippen LogP contribution in [0.3, 0.4) is 0 Å². The van der Waals surface area contributed by atoms with Gasteiger partial charge in [-0.15, -0.1) is 0 Å². The Kier molecular flexibility index (Phi) is 3.60. The van der Waals surface area contributed by atoms with E-state index < -0.39 is 0 Å². The van der Waals surface area contributed by atoms with Crippen molar-refractivity contribution in [1.82, 2.24) is 14.8 Å². The largest absolute Gasteiger partial charge is 0.486 e. The Labute approximate surface area is 155 Å². The van der Waals surface area contributed by atoms with E-state index in [2.05, 4.69) is 15.4 Å². The summed E-state index contributed by atoms with van der Waals surface area (Å²) in [5.74, 6) is 2.01. The lowest BCUT2D eigenvalue weighted by Gasteiger charge is -2.26. The summed E-state index contributed by atoms with van der Waals surface area (Å²) in [4.78, 5) is 16.8. The number of hydrogen-bond donors (Lipinski definition) is 1. The van der Waals surface area contributed by atoms with Gasteiger partial charge in [0, 0.05) is 31.1 Å². The van der Waals surface area contributed by atoms with Gasteiger partial charge in [-0.05, 0) is 29.8 Å². The molecule has 0 aliphatic carbocycles. The fourth-order valence-corrected chi connectivity index (χ4v) is 3.74. The first kappa shape index (κ1) is 15.9. The molecule has 1 aromatic carbocycles. The number of rotatable bonds is 2. The lowest BCUT2D eigenvalue weighted by atomic mass is 9.85. The molecule has 7 heteroatoms. The maximum absolute atomic E-state index is 12.4.